The lowest BCUT2D eigenvalue weighted by atomic mass is 10.1. The topological polar surface area (TPSA) is 50.7 Å². The minimum Gasteiger partial charge on any atom is -0.495 e. The van der Waals surface area contributed by atoms with Crippen molar-refractivity contribution >= 4 is 5.69 Å². The summed E-state index contributed by atoms with van der Waals surface area (Å²) in [5.41, 5.74) is 2.71. The second-order valence-corrected chi connectivity index (χ2v) is 7.49. The highest BCUT2D eigenvalue weighted by Gasteiger charge is 2.19. The number of rotatable bonds is 7. The quantitative estimate of drug-likeness (QED) is 0.577. The van der Waals surface area contributed by atoms with Crippen LogP contribution in [0.4, 0.5) is 10.1 Å². The largest absolute Gasteiger partial charge is 0.495 e. The molecule has 0 radical (unpaired) electrons. The van der Waals surface area contributed by atoms with Crippen molar-refractivity contribution in [3.8, 4) is 22.9 Å². The highest BCUT2D eigenvalue weighted by Crippen LogP contribution is 2.28. The Balaban J connectivity index is 1.30. The van der Waals surface area contributed by atoms with E-state index in [2.05, 4.69) is 25.8 Å². The number of hydrogen-bond acceptors (Lipinski definition) is 6. The van der Waals surface area contributed by atoms with E-state index in [1.807, 2.05) is 25.1 Å². The molecule has 0 saturated carbocycles. The molecule has 2 heterocycles. The van der Waals surface area contributed by atoms with E-state index in [1.165, 1.54) is 12.1 Å². The zero-order chi connectivity index (χ0) is 21.6. The average molecular weight is 423 g/mol. The molecule has 2 aromatic carbocycles. The summed E-state index contributed by atoms with van der Waals surface area (Å²) in [6.07, 6.45) is 0. The standard InChI is InChI=1S/C24H27FN4O2/c1-18-26-21(19-7-9-20(25)10-8-19)17-24(27-18)31-16-15-28-11-13-29(14-12-28)22-5-3-4-6-23(22)30-2/h3-10,17H,11-16H2,1-2H3. The first-order valence-corrected chi connectivity index (χ1v) is 10.5. The Kier molecular flexibility index (Phi) is 6.62. The Hall–Kier alpha value is -3.19. The number of para-hydroxylation sites is 2. The van der Waals surface area contributed by atoms with Crippen molar-refractivity contribution in [3.63, 3.8) is 0 Å². The van der Waals surface area contributed by atoms with Crippen LogP contribution >= 0.6 is 0 Å². The molecule has 1 aromatic heterocycles. The molecule has 0 atom stereocenters. The molecule has 3 aromatic rings. The average Bonchev–Trinajstić information content (AvgIpc) is 2.80. The molecule has 0 N–H and O–H groups in total. The lowest BCUT2D eigenvalue weighted by Crippen LogP contribution is -2.47. The summed E-state index contributed by atoms with van der Waals surface area (Å²) in [5.74, 6) is 1.81. The number of benzene rings is 2. The number of aromatic nitrogens is 2. The molecule has 0 spiro atoms. The minimum atomic E-state index is -0.267. The van der Waals surface area contributed by atoms with Crippen LogP contribution in [-0.2, 0) is 0 Å². The van der Waals surface area contributed by atoms with Gasteiger partial charge >= 0.3 is 0 Å². The number of methoxy groups -OCH3 is 1. The Morgan fingerprint density at radius 3 is 2.45 bits per heavy atom. The van der Waals surface area contributed by atoms with Crippen LogP contribution in [0, 0.1) is 12.7 Å². The predicted octanol–water partition coefficient (Wildman–Crippen LogP) is 3.80. The fraction of sp³-hybridized carbons (Fsp3) is 0.333. The van der Waals surface area contributed by atoms with Crippen molar-refractivity contribution in [2.24, 2.45) is 0 Å². The van der Waals surface area contributed by atoms with Gasteiger partial charge in [-0.3, -0.25) is 4.90 Å². The zero-order valence-electron chi connectivity index (χ0n) is 17.9. The third-order valence-corrected chi connectivity index (χ3v) is 5.41. The molecule has 31 heavy (non-hydrogen) atoms. The normalized spacial score (nSPS) is 14.5. The van der Waals surface area contributed by atoms with Crippen molar-refractivity contribution in [2.75, 3.05) is 51.3 Å². The molecular formula is C24H27FN4O2. The van der Waals surface area contributed by atoms with Crippen LogP contribution in [0.15, 0.2) is 54.6 Å². The first-order valence-electron chi connectivity index (χ1n) is 10.5. The summed E-state index contributed by atoms with van der Waals surface area (Å²) in [5, 5.41) is 0. The van der Waals surface area contributed by atoms with Crippen LogP contribution in [0.2, 0.25) is 0 Å². The van der Waals surface area contributed by atoms with Crippen LogP contribution in [-0.4, -0.2) is 61.3 Å². The number of anilines is 1. The van der Waals surface area contributed by atoms with E-state index < -0.39 is 0 Å². The molecule has 0 unspecified atom stereocenters. The number of nitrogens with zero attached hydrogens (tertiary/aromatic N) is 4. The monoisotopic (exact) mass is 422 g/mol. The molecule has 1 aliphatic rings. The van der Waals surface area contributed by atoms with Gasteiger partial charge in [0.25, 0.3) is 0 Å². The summed E-state index contributed by atoms with van der Waals surface area (Å²) in [7, 11) is 1.71. The fourth-order valence-corrected chi connectivity index (χ4v) is 3.77. The lowest BCUT2D eigenvalue weighted by molar-refractivity contribution is 0.196. The number of piperazine rings is 1. The van der Waals surface area contributed by atoms with Gasteiger partial charge in [-0.15, -0.1) is 0 Å². The Morgan fingerprint density at radius 1 is 0.968 bits per heavy atom. The number of aryl methyl sites for hydroxylation is 1. The van der Waals surface area contributed by atoms with Gasteiger partial charge in [0, 0.05) is 44.4 Å². The molecule has 6 nitrogen and oxygen atoms in total. The van der Waals surface area contributed by atoms with Crippen LogP contribution in [0.5, 0.6) is 11.6 Å². The molecule has 0 amide bonds. The van der Waals surface area contributed by atoms with E-state index in [4.69, 9.17) is 9.47 Å². The van der Waals surface area contributed by atoms with Gasteiger partial charge in [0.05, 0.1) is 18.5 Å². The summed E-state index contributed by atoms with van der Waals surface area (Å²) in [6.45, 7) is 7.03. The maximum atomic E-state index is 13.2. The highest BCUT2D eigenvalue weighted by molar-refractivity contribution is 5.60. The summed E-state index contributed by atoms with van der Waals surface area (Å²) in [6, 6.07) is 16.2. The second kappa shape index (κ2) is 9.75. The van der Waals surface area contributed by atoms with Crippen LogP contribution in [0.1, 0.15) is 5.82 Å². The SMILES string of the molecule is COc1ccccc1N1CCN(CCOc2cc(-c3ccc(F)cc3)nc(C)n2)CC1. The Bertz CT molecular complexity index is 1000. The van der Waals surface area contributed by atoms with Crippen LogP contribution < -0.4 is 14.4 Å². The van der Waals surface area contributed by atoms with E-state index in [1.54, 1.807) is 25.3 Å². The summed E-state index contributed by atoms with van der Waals surface area (Å²) in [4.78, 5) is 13.6. The van der Waals surface area contributed by atoms with Crippen molar-refractivity contribution in [3.05, 3.63) is 66.2 Å². The van der Waals surface area contributed by atoms with Gasteiger partial charge in [-0.2, -0.15) is 4.98 Å². The van der Waals surface area contributed by atoms with Crippen LogP contribution in [0.3, 0.4) is 0 Å². The molecule has 0 bridgehead atoms. The lowest BCUT2D eigenvalue weighted by Gasteiger charge is -2.36. The Labute approximate surface area is 182 Å². The van der Waals surface area contributed by atoms with Crippen LogP contribution in [0.25, 0.3) is 11.3 Å². The Morgan fingerprint density at radius 2 is 1.71 bits per heavy atom. The molecule has 4 rings (SSSR count). The smallest absolute Gasteiger partial charge is 0.217 e. The minimum absolute atomic E-state index is 0.267. The highest BCUT2D eigenvalue weighted by atomic mass is 19.1. The molecule has 1 fully saturated rings. The molecule has 7 heteroatoms. The fourth-order valence-electron chi connectivity index (χ4n) is 3.77. The second-order valence-electron chi connectivity index (χ2n) is 7.49. The van der Waals surface area contributed by atoms with Gasteiger partial charge in [0.15, 0.2) is 0 Å². The van der Waals surface area contributed by atoms with E-state index in [0.29, 0.717) is 18.3 Å². The zero-order valence-corrected chi connectivity index (χ0v) is 17.9. The molecule has 1 saturated heterocycles. The van der Waals surface area contributed by atoms with Crippen molar-refractivity contribution < 1.29 is 13.9 Å². The first-order chi connectivity index (χ1) is 15.1. The summed E-state index contributed by atoms with van der Waals surface area (Å²) < 4.78 is 24.6. The number of halogens is 1. The molecular weight excluding hydrogens is 395 g/mol. The van der Waals surface area contributed by atoms with Gasteiger partial charge in [0.2, 0.25) is 5.88 Å². The van der Waals surface area contributed by atoms with Gasteiger partial charge in [-0.05, 0) is 43.3 Å². The predicted molar refractivity (Wildman–Crippen MR) is 119 cm³/mol. The molecule has 162 valence electrons. The molecule has 1 aliphatic heterocycles. The number of ether oxygens (including phenoxy) is 2. The van der Waals surface area contributed by atoms with E-state index in [9.17, 15) is 4.39 Å². The van der Waals surface area contributed by atoms with E-state index in [-0.39, 0.29) is 5.82 Å². The van der Waals surface area contributed by atoms with Crippen molar-refractivity contribution in [1.29, 1.82) is 0 Å². The maximum absolute atomic E-state index is 13.2. The first kappa shape index (κ1) is 21.1. The van der Waals surface area contributed by atoms with Crippen molar-refractivity contribution in [1.82, 2.24) is 14.9 Å². The van der Waals surface area contributed by atoms with E-state index in [0.717, 1.165) is 55.4 Å². The van der Waals surface area contributed by atoms with Gasteiger partial charge in [-0.25, -0.2) is 9.37 Å². The number of hydrogen-bond donors (Lipinski definition) is 0. The van der Waals surface area contributed by atoms with E-state index >= 15 is 0 Å². The summed E-state index contributed by atoms with van der Waals surface area (Å²) >= 11 is 0. The maximum Gasteiger partial charge on any atom is 0.217 e. The van der Waals surface area contributed by atoms with Gasteiger partial charge in [0.1, 0.15) is 24.0 Å². The van der Waals surface area contributed by atoms with Crippen molar-refractivity contribution in [2.45, 2.75) is 6.92 Å². The van der Waals surface area contributed by atoms with Gasteiger partial charge < -0.3 is 14.4 Å². The third kappa shape index (κ3) is 5.30. The van der Waals surface area contributed by atoms with Gasteiger partial charge in [-0.1, -0.05) is 12.1 Å². The third-order valence-electron chi connectivity index (χ3n) is 5.41. The molecule has 0 aliphatic carbocycles.